The monoisotopic (exact) mass is 613 g/mol. The van der Waals surface area contributed by atoms with Crippen molar-refractivity contribution in [3.05, 3.63) is 76.8 Å². The predicted molar refractivity (Wildman–Crippen MR) is 175 cm³/mol. The Labute approximate surface area is 264 Å². The molecule has 0 spiro atoms. The van der Waals surface area contributed by atoms with Crippen LogP contribution in [0.25, 0.3) is 15.6 Å². The van der Waals surface area contributed by atoms with Gasteiger partial charge in [0.1, 0.15) is 18.5 Å². The molecule has 0 bridgehead atoms. The second kappa shape index (κ2) is 13.0. The van der Waals surface area contributed by atoms with Crippen LogP contribution in [0.1, 0.15) is 31.0 Å². The van der Waals surface area contributed by atoms with Gasteiger partial charge in [-0.1, -0.05) is 42.4 Å². The fraction of sp³-hybridized carbons (Fsp3) is 0.471. The Bertz CT molecular complexity index is 1580. The average Bonchev–Trinajstić information content (AvgIpc) is 3.89. The maximum absolute atomic E-state index is 12.6. The Hall–Kier alpha value is -3.87. The number of hydrogen-bond donors (Lipinski definition) is 0. The van der Waals surface area contributed by atoms with Gasteiger partial charge in [-0.2, -0.15) is 9.97 Å². The van der Waals surface area contributed by atoms with Crippen molar-refractivity contribution in [2.24, 2.45) is 5.92 Å². The highest BCUT2D eigenvalue weighted by Gasteiger charge is 2.35. The molecule has 2 aromatic carbocycles. The number of aromatic nitrogens is 2. The number of hydrogen-bond acceptors (Lipinski definition) is 7. The topological polar surface area (TPSA) is 69.4 Å². The zero-order chi connectivity index (χ0) is 30.8. The predicted octanol–water partition coefficient (Wildman–Crippen LogP) is 5.08. The summed E-state index contributed by atoms with van der Waals surface area (Å²) in [6.45, 7) is 18.0. The maximum Gasteiger partial charge on any atom is 0.318 e. The number of amides is 1. The van der Waals surface area contributed by atoms with E-state index in [1.165, 1.54) is 18.9 Å². The van der Waals surface area contributed by atoms with Crippen LogP contribution in [0.3, 0.4) is 0 Å². The Kier molecular flexibility index (Phi) is 8.92. The highest BCUT2D eigenvalue weighted by molar-refractivity contribution is 6.36. The van der Waals surface area contributed by atoms with E-state index in [1.54, 1.807) is 4.90 Å². The minimum atomic E-state index is -0.239. The quantitative estimate of drug-likeness (QED) is 0.233. The van der Waals surface area contributed by atoms with Crippen LogP contribution >= 0.6 is 11.6 Å². The van der Waals surface area contributed by atoms with Gasteiger partial charge in [-0.05, 0) is 62.7 Å². The molecule has 1 aliphatic carbocycles. The highest BCUT2D eigenvalue weighted by Crippen LogP contribution is 2.37. The van der Waals surface area contributed by atoms with E-state index in [0.717, 1.165) is 64.0 Å². The third-order valence-corrected chi connectivity index (χ3v) is 9.73. The first-order chi connectivity index (χ1) is 21.4. The summed E-state index contributed by atoms with van der Waals surface area (Å²) in [6.07, 6.45) is 4.71. The number of fused-ring (bicyclic) bond motifs is 2. The third kappa shape index (κ3) is 6.19. The molecule has 10 heteroatoms. The lowest BCUT2D eigenvalue weighted by Gasteiger charge is -2.41. The van der Waals surface area contributed by atoms with Crippen LogP contribution in [0.2, 0.25) is 5.02 Å². The van der Waals surface area contributed by atoms with Crippen LogP contribution in [0.5, 0.6) is 6.01 Å². The minimum absolute atomic E-state index is 0.138. The molecule has 9 nitrogen and oxygen atoms in total. The lowest BCUT2D eigenvalue weighted by molar-refractivity contribution is -0.128. The van der Waals surface area contributed by atoms with Crippen LogP contribution in [0, 0.1) is 12.5 Å². The van der Waals surface area contributed by atoms with E-state index in [-0.39, 0.29) is 18.5 Å². The zero-order valence-corrected chi connectivity index (χ0v) is 26.3. The summed E-state index contributed by atoms with van der Waals surface area (Å²) >= 11 is 6.71. The van der Waals surface area contributed by atoms with E-state index in [1.807, 2.05) is 12.1 Å². The number of rotatable bonds is 10. The molecule has 44 heavy (non-hydrogen) atoms. The molecule has 2 aliphatic heterocycles. The molecule has 2 fully saturated rings. The first-order valence-corrected chi connectivity index (χ1v) is 15.9. The molecule has 1 saturated heterocycles. The summed E-state index contributed by atoms with van der Waals surface area (Å²) < 4.78 is 6.25. The van der Waals surface area contributed by atoms with E-state index >= 15 is 0 Å². The van der Waals surface area contributed by atoms with Crippen LogP contribution in [0.15, 0.2) is 49.1 Å². The molecule has 2 atom stereocenters. The van der Waals surface area contributed by atoms with Gasteiger partial charge in [-0.3, -0.25) is 4.79 Å². The minimum Gasteiger partial charge on any atom is -0.462 e. The first kappa shape index (κ1) is 30.2. The molecule has 0 radical (unpaired) electrons. The van der Waals surface area contributed by atoms with Crippen molar-refractivity contribution in [1.82, 2.24) is 19.8 Å². The van der Waals surface area contributed by atoms with Crippen molar-refractivity contribution in [3.63, 3.8) is 0 Å². The molecule has 3 aromatic rings. The molecule has 1 amide bonds. The second-order valence-corrected chi connectivity index (χ2v) is 12.5. The summed E-state index contributed by atoms with van der Waals surface area (Å²) in [7, 11) is 2.15. The van der Waals surface area contributed by atoms with Crippen LogP contribution in [0.4, 0.5) is 11.5 Å². The normalized spacial score (nSPS) is 19.1. The summed E-state index contributed by atoms with van der Waals surface area (Å²) in [4.78, 5) is 34.8. The van der Waals surface area contributed by atoms with Crippen molar-refractivity contribution >= 4 is 39.8 Å². The number of likely N-dealkylation sites (N-methyl/N-ethyl adjacent to an activating group) is 1. The Morgan fingerprint density at radius 1 is 1.20 bits per heavy atom. The van der Waals surface area contributed by atoms with Gasteiger partial charge in [0.25, 0.3) is 0 Å². The number of piperazine rings is 1. The maximum atomic E-state index is 12.6. The number of anilines is 2. The van der Waals surface area contributed by atoms with Gasteiger partial charge >= 0.3 is 6.01 Å². The number of ether oxygens (including phenoxy) is 1. The van der Waals surface area contributed by atoms with E-state index < -0.39 is 0 Å². The number of nitrogens with zero attached hydrogens (tertiary/aromatic N) is 7. The lowest BCUT2D eigenvalue weighted by atomic mass is 10.0. The van der Waals surface area contributed by atoms with E-state index in [9.17, 15) is 4.79 Å². The molecule has 3 heterocycles. The van der Waals surface area contributed by atoms with Crippen LogP contribution < -0.4 is 14.5 Å². The van der Waals surface area contributed by atoms with Gasteiger partial charge in [-0.15, -0.1) is 0 Å². The smallest absolute Gasteiger partial charge is 0.318 e. The number of carbonyl (C=O) groups is 1. The van der Waals surface area contributed by atoms with Crippen molar-refractivity contribution in [3.8, 4) is 6.01 Å². The van der Waals surface area contributed by atoms with Crippen LogP contribution in [-0.4, -0.2) is 90.7 Å². The number of halogens is 1. The van der Waals surface area contributed by atoms with Crippen molar-refractivity contribution in [1.29, 1.82) is 0 Å². The van der Waals surface area contributed by atoms with Gasteiger partial charge in [0.15, 0.2) is 0 Å². The van der Waals surface area contributed by atoms with Crippen LogP contribution in [-0.2, 0) is 17.8 Å². The summed E-state index contributed by atoms with van der Waals surface area (Å²) in [5, 5.41) is 2.89. The molecular formula is C34H40ClN7O2. The second-order valence-electron chi connectivity index (χ2n) is 12.1. The van der Waals surface area contributed by atoms with E-state index in [4.69, 9.17) is 32.9 Å². The van der Waals surface area contributed by atoms with Crippen molar-refractivity contribution in [2.45, 2.75) is 44.8 Å². The standard InChI is InChI=1S/C34H40ClN7O2/c1-5-31(43)42-17-16-41(21-26(42)20-36-3)33-27-14-15-40(30-11-7-9-25-8-6-10-28(35)32(25)30)22-29(27)37-34(38-33)44-19-18-39(4)23(2)24-12-13-24/h5-11,23-24,26H,1,12-22H2,2,4H3/t23-,26+/m1/s1. The molecule has 0 N–H and O–H groups in total. The Balaban J connectivity index is 1.30. The number of carbonyl (C=O) groups excluding carboxylic acids is 1. The molecule has 3 aliphatic rings. The van der Waals surface area contributed by atoms with Crippen molar-refractivity contribution in [2.75, 3.05) is 62.7 Å². The SMILES string of the molecule is [C-]#[N+]C[C@H]1CN(c2nc(OCCN(C)[C@H](C)C3CC3)nc3c2CCN(c2cccc4cccc(Cl)c24)C3)CCN1C(=O)C=C. The van der Waals surface area contributed by atoms with Crippen molar-refractivity contribution < 1.29 is 9.53 Å². The van der Waals surface area contributed by atoms with E-state index in [2.05, 4.69) is 64.4 Å². The summed E-state index contributed by atoms with van der Waals surface area (Å²) in [6, 6.07) is 13.0. The summed E-state index contributed by atoms with van der Waals surface area (Å²) in [5.74, 6) is 1.50. The fourth-order valence-electron chi connectivity index (χ4n) is 6.60. The molecule has 1 saturated carbocycles. The third-order valence-electron chi connectivity index (χ3n) is 9.41. The Morgan fingerprint density at radius 2 is 2.00 bits per heavy atom. The highest BCUT2D eigenvalue weighted by atomic mass is 35.5. The largest absolute Gasteiger partial charge is 0.462 e. The average molecular weight is 614 g/mol. The van der Waals surface area contributed by atoms with Gasteiger partial charge in [0.2, 0.25) is 12.5 Å². The zero-order valence-electron chi connectivity index (χ0n) is 25.6. The molecule has 6 rings (SSSR count). The lowest BCUT2D eigenvalue weighted by Crippen LogP contribution is -2.56. The van der Waals surface area contributed by atoms with Gasteiger partial charge in [-0.25, -0.2) is 6.57 Å². The number of benzene rings is 2. The van der Waals surface area contributed by atoms with Gasteiger partial charge < -0.3 is 29.2 Å². The fourth-order valence-corrected chi connectivity index (χ4v) is 6.88. The molecule has 1 aromatic heterocycles. The summed E-state index contributed by atoms with van der Waals surface area (Å²) in [5.41, 5.74) is 3.13. The van der Waals surface area contributed by atoms with Gasteiger partial charge in [0.05, 0.1) is 17.3 Å². The molecular weight excluding hydrogens is 574 g/mol. The molecule has 230 valence electrons. The van der Waals surface area contributed by atoms with Gasteiger partial charge in [0, 0.05) is 55.4 Å². The van der Waals surface area contributed by atoms with E-state index in [0.29, 0.717) is 44.8 Å². The Morgan fingerprint density at radius 3 is 2.75 bits per heavy atom. The first-order valence-electron chi connectivity index (χ1n) is 15.5. The molecule has 0 unspecified atom stereocenters.